The van der Waals surface area contributed by atoms with Crippen LogP contribution in [0.25, 0.3) is 6.08 Å². The highest BCUT2D eigenvalue weighted by molar-refractivity contribution is 5.91. The van der Waals surface area contributed by atoms with Gasteiger partial charge in [-0.3, -0.25) is 4.79 Å². The van der Waals surface area contributed by atoms with E-state index in [0.717, 1.165) is 51.4 Å². The average Bonchev–Trinajstić information content (AvgIpc) is 2.85. The number of amides is 1. The lowest BCUT2D eigenvalue weighted by atomic mass is 10.1. The fourth-order valence-electron chi connectivity index (χ4n) is 3.09. The number of hydrogen-bond acceptors (Lipinski definition) is 4. The number of hydrogen-bond donors (Lipinski definition) is 0. The highest BCUT2D eigenvalue weighted by atomic mass is 16.5. The molecule has 0 spiro atoms. The van der Waals surface area contributed by atoms with Crippen LogP contribution in [-0.2, 0) is 14.3 Å². The standard InChI is InChI=1S/C19H26N2O3/c1-16-15-21(9-2-12-24-16)19(22)8-5-17-3-6-18(7-4-17)20-10-13-23-14-11-20/h3-8,16H,2,9-15H2,1H3/b8-5+. The first-order valence-corrected chi connectivity index (χ1v) is 8.74. The SMILES string of the molecule is CC1CN(C(=O)/C=C/c2ccc(N3CCOCC3)cc2)CCCO1. The van der Waals surface area contributed by atoms with Crippen LogP contribution in [0.1, 0.15) is 18.9 Å². The lowest BCUT2D eigenvalue weighted by Crippen LogP contribution is -2.36. The smallest absolute Gasteiger partial charge is 0.246 e. The molecule has 0 bridgehead atoms. The largest absolute Gasteiger partial charge is 0.378 e. The first kappa shape index (κ1) is 17.0. The van der Waals surface area contributed by atoms with Crippen LogP contribution in [0.2, 0.25) is 0 Å². The van der Waals surface area contributed by atoms with Crippen molar-refractivity contribution in [3.05, 3.63) is 35.9 Å². The van der Waals surface area contributed by atoms with Crippen molar-refractivity contribution in [2.75, 3.05) is 50.9 Å². The van der Waals surface area contributed by atoms with Crippen LogP contribution in [0, 0.1) is 0 Å². The van der Waals surface area contributed by atoms with Crippen molar-refractivity contribution < 1.29 is 14.3 Å². The van der Waals surface area contributed by atoms with Gasteiger partial charge in [0.15, 0.2) is 0 Å². The Labute approximate surface area is 143 Å². The molecule has 5 nitrogen and oxygen atoms in total. The van der Waals surface area contributed by atoms with Crippen molar-refractivity contribution in [3.8, 4) is 0 Å². The molecule has 2 aliphatic rings. The maximum absolute atomic E-state index is 12.3. The summed E-state index contributed by atoms with van der Waals surface area (Å²) in [6.45, 7) is 7.62. The Balaban J connectivity index is 1.58. The van der Waals surface area contributed by atoms with Gasteiger partial charge in [0.05, 0.1) is 19.3 Å². The van der Waals surface area contributed by atoms with Crippen molar-refractivity contribution >= 4 is 17.7 Å². The Bertz CT molecular complexity index is 564. The molecule has 1 aromatic rings. The molecule has 24 heavy (non-hydrogen) atoms. The molecule has 2 aliphatic heterocycles. The normalized spacial score (nSPS) is 22.6. The van der Waals surface area contributed by atoms with E-state index >= 15 is 0 Å². The third kappa shape index (κ3) is 4.58. The number of rotatable bonds is 3. The molecule has 0 aliphatic carbocycles. The van der Waals surface area contributed by atoms with Gasteiger partial charge in [0, 0.05) is 44.5 Å². The molecule has 2 fully saturated rings. The van der Waals surface area contributed by atoms with Crippen LogP contribution in [0.4, 0.5) is 5.69 Å². The van der Waals surface area contributed by atoms with Gasteiger partial charge in [-0.2, -0.15) is 0 Å². The molecule has 1 amide bonds. The average molecular weight is 330 g/mol. The Kier molecular flexibility index (Phi) is 5.88. The molecule has 1 aromatic carbocycles. The minimum absolute atomic E-state index is 0.0598. The van der Waals surface area contributed by atoms with Crippen molar-refractivity contribution in [1.29, 1.82) is 0 Å². The topological polar surface area (TPSA) is 42.0 Å². The molecule has 0 saturated carbocycles. The minimum atomic E-state index is 0.0598. The number of carbonyl (C=O) groups is 1. The summed E-state index contributed by atoms with van der Waals surface area (Å²) in [4.78, 5) is 16.5. The Morgan fingerprint density at radius 2 is 1.88 bits per heavy atom. The zero-order valence-electron chi connectivity index (χ0n) is 14.3. The van der Waals surface area contributed by atoms with Crippen LogP contribution in [0.5, 0.6) is 0 Å². The third-order valence-corrected chi connectivity index (χ3v) is 4.45. The first-order chi connectivity index (χ1) is 11.7. The molecule has 1 atom stereocenters. The molecule has 0 N–H and O–H groups in total. The van der Waals surface area contributed by atoms with Crippen molar-refractivity contribution in [2.24, 2.45) is 0 Å². The van der Waals surface area contributed by atoms with Gasteiger partial charge in [-0.05, 0) is 37.1 Å². The number of ether oxygens (including phenoxy) is 2. The Morgan fingerprint density at radius 3 is 2.62 bits per heavy atom. The molecular formula is C19H26N2O3. The van der Waals surface area contributed by atoms with Gasteiger partial charge in [-0.1, -0.05) is 12.1 Å². The zero-order chi connectivity index (χ0) is 16.8. The van der Waals surface area contributed by atoms with Crippen LogP contribution >= 0.6 is 0 Å². The fraction of sp³-hybridized carbons (Fsp3) is 0.526. The van der Waals surface area contributed by atoms with Crippen LogP contribution in [-0.4, -0.2) is 62.9 Å². The zero-order valence-corrected chi connectivity index (χ0v) is 14.3. The van der Waals surface area contributed by atoms with E-state index in [2.05, 4.69) is 29.2 Å². The van der Waals surface area contributed by atoms with E-state index in [9.17, 15) is 4.79 Å². The van der Waals surface area contributed by atoms with Crippen LogP contribution < -0.4 is 4.90 Å². The molecule has 5 heteroatoms. The van der Waals surface area contributed by atoms with Gasteiger partial charge in [0.1, 0.15) is 0 Å². The highest BCUT2D eigenvalue weighted by Crippen LogP contribution is 2.17. The van der Waals surface area contributed by atoms with Gasteiger partial charge in [-0.25, -0.2) is 0 Å². The summed E-state index contributed by atoms with van der Waals surface area (Å²) in [5.74, 6) is 0.0598. The summed E-state index contributed by atoms with van der Waals surface area (Å²) in [6.07, 6.45) is 4.57. The lowest BCUT2D eigenvalue weighted by Gasteiger charge is -2.28. The molecule has 1 unspecified atom stereocenters. The van der Waals surface area contributed by atoms with E-state index in [-0.39, 0.29) is 12.0 Å². The number of benzene rings is 1. The number of anilines is 1. The predicted molar refractivity (Wildman–Crippen MR) is 95.1 cm³/mol. The minimum Gasteiger partial charge on any atom is -0.378 e. The monoisotopic (exact) mass is 330 g/mol. The summed E-state index contributed by atoms with van der Waals surface area (Å²) in [5.41, 5.74) is 2.25. The van der Waals surface area contributed by atoms with Gasteiger partial charge < -0.3 is 19.3 Å². The maximum Gasteiger partial charge on any atom is 0.246 e. The van der Waals surface area contributed by atoms with E-state index in [1.54, 1.807) is 6.08 Å². The molecule has 130 valence electrons. The highest BCUT2D eigenvalue weighted by Gasteiger charge is 2.17. The second kappa shape index (κ2) is 8.31. The van der Waals surface area contributed by atoms with Crippen LogP contribution in [0.3, 0.4) is 0 Å². The maximum atomic E-state index is 12.3. The van der Waals surface area contributed by atoms with Gasteiger partial charge in [0.25, 0.3) is 0 Å². The van der Waals surface area contributed by atoms with Gasteiger partial charge in [-0.15, -0.1) is 0 Å². The summed E-state index contributed by atoms with van der Waals surface area (Å²) >= 11 is 0. The number of nitrogens with zero attached hydrogens (tertiary/aromatic N) is 2. The van der Waals surface area contributed by atoms with Crippen molar-refractivity contribution in [1.82, 2.24) is 4.90 Å². The third-order valence-electron chi connectivity index (χ3n) is 4.45. The Morgan fingerprint density at radius 1 is 1.12 bits per heavy atom. The molecule has 0 radical (unpaired) electrons. The van der Waals surface area contributed by atoms with E-state index in [1.165, 1.54) is 5.69 Å². The Hall–Kier alpha value is -1.85. The first-order valence-electron chi connectivity index (χ1n) is 8.74. The fourth-order valence-corrected chi connectivity index (χ4v) is 3.09. The quantitative estimate of drug-likeness (QED) is 0.797. The summed E-state index contributed by atoms with van der Waals surface area (Å²) in [7, 11) is 0. The second-order valence-corrected chi connectivity index (χ2v) is 6.34. The van der Waals surface area contributed by atoms with Crippen LogP contribution in [0.15, 0.2) is 30.3 Å². The number of morpholine rings is 1. The van der Waals surface area contributed by atoms with Crippen molar-refractivity contribution in [3.63, 3.8) is 0 Å². The van der Waals surface area contributed by atoms with E-state index in [1.807, 2.05) is 17.9 Å². The second-order valence-electron chi connectivity index (χ2n) is 6.34. The molecule has 2 heterocycles. The number of carbonyl (C=O) groups excluding carboxylic acids is 1. The molecule has 0 aromatic heterocycles. The van der Waals surface area contributed by atoms with E-state index < -0.39 is 0 Å². The summed E-state index contributed by atoms with van der Waals surface area (Å²) in [5, 5.41) is 0. The summed E-state index contributed by atoms with van der Waals surface area (Å²) < 4.78 is 11.0. The molecular weight excluding hydrogens is 304 g/mol. The molecule has 2 saturated heterocycles. The van der Waals surface area contributed by atoms with E-state index in [4.69, 9.17) is 9.47 Å². The van der Waals surface area contributed by atoms with Crippen molar-refractivity contribution in [2.45, 2.75) is 19.4 Å². The summed E-state index contributed by atoms with van der Waals surface area (Å²) in [6, 6.07) is 8.33. The predicted octanol–water partition coefficient (Wildman–Crippen LogP) is 2.17. The molecule has 3 rings (SSSR count). The van der Waals surface area contributed by atoms with E-state index in [0.29, 0.717) is 6.54 Å². The van der Waals surface area contributed by atoms with Gasteiger partial charge in [0.2, 0.25) is 5.91 Å². The lowest BCUT2D eigenvalue weighted by molar-refractivity contribution is -0.126. The van der Waals surface area contributed by atoms with Gasteiger partial charge >= 0.3 is 0 Å².